The molecule has 0 radical (unpaired) electrons. The molecule has 0 saturated carbocycles. The summed E-state index contributed by atoms with van der Waals surface area (Å²) < 4.78 is 5.13. The van der Waals surface area contributed by atoms with Crippen LogP contribution in [0.4, 0.5) is 5.69 Å². The maximum absolute atomic E-state index is 12.3. The van der Waals surface area contributed by atoms with Gasteiger partial charge in [0.15, 0.2) is 0 Å². The Kier molecular flexibility index (Phi) is 6.49. The van der Waals surface area contributed by atoms with E-state index in [0.717, 1.165) is 6.42 Å². The smallest absolute Gasteiger partial charge is 0.255 e. The molecular formula is C15H22ClN3O3. The normalized spacial score (nSPS) is 13.1. The van der Waals surface area contributed by atoms with Crippen LogP contribution in [-0.2, 0) is 4.79 Å². The van der Waals surface area contributed by atoms with Gasteiger partial charge in [-0.2, -0.15) is 0 Å². The number of anilines is 1. The Morgan fingerprint density at radius 3 is 2.50 bits per heavy atom. The van der Waals surface area contributed by atoms with E-state index in [-0.39, 0.29) is 22.5 Å². The minimum atomic E-state index is -0.678. The van der Waals surface area contributed by atoms with Gasteiger partial charge in [-0.1, -0.05) is 18.5 Å². The topological polar surface area (TPSA) is 93.5 Å². The number of amides is 2. The lowest BCUT2D eigenvalue weighted by atomic mass is 10.1. The monoisotopic (exact) mass is 327 g/mol. The fourth-order valence-corrected chi connectivity index (χ4v) is 1.89. The Morgan fingerprint density at radius 2 is 1.95 bits per heavy atom. The number of nitrogen functional groups attached to an aromatic ring is 1. The van der Waals surface area contributed by atoms with E-state index < -0.39 is 11.9 Å². The molecule has 1 rings (SSSR count). The first-order valence-electron chi connectivity index (χ1n) is 7.04. The molecule has 7 heteroatoms. The van der Waals surface area contributed by atoms with Crippen LogP contribution in [-0.4, -0.2) is 31.0 Å². The summed E-state index contributed by atoms with van der Waals surface area (Å²) in [6, 6.07) is 2.26. The van der Waals surface area contributed by atoms with Crippen molar-refractivity contribution in [2.24, 2.45) is 0 Å². The summed E-state index contributed by atoms with van der Waals surface area (Å²) in [5.41, 5.74) is 6.22. The lowest BCUT2D eigenvalue weighted by Crippen LogP contribution is -2.47. The number of nitrogens with one attached hydrogen (secondary N) is 2. The number of benzene rings is 1. The van der Waals surface area contributed by atoms with Crippen LogP contribution in [0.25, 0.3) is 0 Å². The highest BCUT2D eigenvalue weighted by Gasteiger charge is 2.21. The van der Waals surface area contributed by atoms with E-state index in [9.17, 15) is 9.59 Å². The third kappa shape index (κ3) is 4.53. The molecule has 2 unspecified atom stereocenters. The highest BCUT2D eigenvalue weighted by Crippen LogP contribution is 2.28. The largest absolute Gasteiger partial charge is 0.496 e. The number of carbonyl (C=O) groups is 2. The summed E-state index contributed by atoms with van der Waals surface area (Å²) in [6.07, 6.45) is 0.813. The Balaban J connectivity index is 2.85. The van der Waals surface area contributed by atoms with Crippen molar-refractivity contribution in [3.05, 3.63) is 22.7 Å². The molecule has 0 heterocycles. The van der Waals surface area contributed by atoms with Crippen LogP contribution in [0.15, 0.2) is 12.1 Å². The minimum absolute atomic E-state index is 0.0485. The fraction of sp³-hybridized carbons (Fsp3) is 0.467. The summed E-state index contributed by atoms with van der Waals surface area (Å²) in [5, 5.41) is 5.67. The zero-order valence-corrected chi connectivity index (χ0v) is 14.0. The maximum Gasteiger partial charge on any atom is 0.255 e. The zero-order valence-electron chi connectivity index (χ0n) is 13.2. The number of hydrogen-bond acceptors (Lipinski definition) is 4. The first kappa shape index (κ1) is 18.1. The number of ether oxygens (including phenoxy) is 1. The van der Waals surface area contributed by atoms with Gasteiger partial charge in [-0.15, -0.1) is 0 Å². The summed E-state index contributed by atoms with van der Waals surface area (Å²) in [6.45, 7) is 5.48. The van der Waals surface area contributed by atoms with Gasteiger partial charge < -0.3 is 21.1 Å². The van der Waals surface area contributed by atoms with Gasteiger partial charge in [0.2, 0.25) is 5.91 Å². The molecule has 0 spiro atoms. The van der Waals surface area contributed by atoms with E-state index >= 15 is 0 Å². The minimum Gasteiger partial charge on any atom is -0.496 e. The highest BCUT2D eigenvalue weighted by atomic mass is 35.5. The molecule has 6 nitrogen and oxygen atoms in total. The SMILES string of the molecule is CCC(C)NC(=O)C(C)NC(=O)c1cc(Cl)c(N)cc1OC. The van der Waals surface area contributed by atoms with Gasteiger partial charge in [0.1, 0.15) is 11.8 Å². The molecule has 0 aliphatic heterocycles. The molecule has 0 aliphatic rings. The number of nitrogens with two attached hydrogens (primary N) is 1. The lowest BCUT2D eigenvalue weighted by molar-refractivity contribution is -0.123. The third-order valence-electron chi connectivity index (χ3n) is 3.31. The van der Waals surface area contributed by atoms with Crippen molar-refractivity contribution in [1.82, 2.24) is 10.6 Å². The predicted octanol–water partition coefficient (Wildman–Crippen LogP) is 1.96. The van der Waals surface area contributed by atoms with Crippen LogP contribution in [0, 0.1) is 0 Å². The second kappa shape index (κ2) is 7.89. The molecule has 0 aromatic heterocycles. The van der Waals surface area contributed by atoms with Crippen molar-refractivity contribution in [2.45, 2.75) is 39.3 Å². The van der Waals surface area contributed by atoms with Gasteiger partial charge in [-0.05, 0) is 26.3 Å². The van der Waals surface area contributed by atoms with E-state index in [0.29, 0.717) is 11.4 Å². The first-order valence-corrected chi connectivity index (χ1v) is 7.42. The second-order valence-corrected chi connectivity index (χ2v) is 5.49. The van der Waals surface area contributed by atoms with Crippen molar-refractivity contribution in [1.29, 1.82) is 0 Å². The van der Waals surface area contributed by atoms with Crippen molar-refractivity contribution in [2.75, 3.05) is 12.8 Å². The number of halogens is 1. The van der Waals surface area contributed by atoms with Gasteiger partial charge in [-0.3, -0.25) is 9.59 Å². The van der Waals surface area contributed by atoms with Gasteiger partial charge in [0, 0.05) is 12.1 Å². The van der Waals surface area contributed by atoms with Gasteiger partial charge in [-0.25, -0.2) is 0 Å². The van der Waals surface area contributed by atoms with Crippen molar-refractivity contribution in [3.63, 3.8) is 0 Å². The van der Waals surface area contributed by atoms with E-state index in [1.165, 1.54) is 19.2 Å². The van der Waals surface area contributed by atoms with Crippen molar-refractivity contribution >= 4 is 29.1 Å². The predicted molar refractivity (Wildman–Crippen MR) is 87.2 cm³/mol. The quantitative estimate of drug-likeness (QED) is 0.696. The van der Waals surface area contributed by atoms with Crippen LogP contribution in [0.5, 0.6) is 5.75 Å². The molecule has 122 valence electrons. The Bertz CT molecular complexity index is 563. The summed E-state index contributed by atoms with van der Waals surface area (Å²) in [4.78, 5) is 24.2. The lowest BCUT2D eigenvalue weighted by Gasteiger charge is -2.18. The number of carbonyl (C=O) groups excluding carboxylic acids is 2. The van der Waals surface area contributed by atoms with Crippen molar-refractivity contribution < 1.29 is 14.3 Å². The van der Waals surface area contributed by atoms with E-state index in [2.05, 4.69) is 10.6 Å². The molecule has 22 heavy (non-hydrogen) atoms. The molecular weight excluding hydrogens is 306 g/mol. The van der Waals surface area contributed by atoms with Gasteiger partial charge in [0.25, 0.3) is 5.91 Å². The van der Waals surface area contributed by atoms with Crippen molar-refractivity contribution in [3.8, 4) is 5.75 Å². The molecule has 2 atom stereocenters. The van der Waals surface area contributed by atoms with E-state index in [1.807, 2.05) is 13.8 Å². The Hall–Kier alpha value is -1.95. The van der Waals surface area contributed by atoms with Crippen LogP contribution in [0.1, 0.15) is 37.6 Å². The van der Waals surface area contributed by atoms with Gasteiger partial charge >= 0.3 is 0 Å². The zero-order chi connectivity index (χ0) is 16.9. The Morgan fingerprint density at radius 1 is 1.32 bits per heavy atom. The van der Waals surface area contributed by atoms with E-state index in [1.54, 1.807) is 6.92 Å². The molecule has 1 aromatic rings. The second-order valence-electron chi connectivity index (χ2n) is 5.09. The number of rotatable bonds is 6. The van der Waals surface area contributed by atoms with E-state index in [4.69, 9.17) is 22.1 Å². The molecule has 2 amide bonds. The van der Waals surface area contributed by atoms with Crippen LogP contribution < -0.4 is 21.1 Å². The van der Waals surface area contributed by atoms with Crippen LogP contribution >= 0.6 is 11.6 Å². The number of methoxy groups -OCH3 is 1. The molecule has 4 N–H and O–H groups in total. The summed E-state index contributed by atoms with van der Waals surface area (Å²) in [7, 11) is 1.43. The maximum atomic E-state index is 12.3. The summed E-state index contributed by atoms with van der Waals surface area (Å²) in [5.74, 6) is -0.400. The standard InChI is InChI=1S/C15H22ClN3O3/c1-5-8(2)18-14(20)9(3)19-15(21)10-6-11(16)12(17)7-13(10)22-4/h6-9H,5,17H2,1-4H3,(H,18,20)(H,19,21). The average molecular weight is 328 g/mol. The third-order valence-corrected chi connectivity index (χ3v) is 3.63. The fourth-order valence-electron chi connectivity index (χ4n) is 1.73. The van der Waals surface area contributed by atoms with Crippen LogP contribution in [0.3, 0.4) is 0 Å². The first-order chi connectivity index (χ1) is 10.3. The van der Waals surface area contributed by atoms with Crippen LogP contribution in [0.2, 0.25) is 5.02 Å². The molecule has 0 aliphatic carbocycles. The number of hydrogen-bond donors (Lipinski definition) is 3. The molecule has 0 saturated heterocycles. The Labute approximate surface area is 135 Å². The highest BCUT2D eigenvalue weighted by molar-refractivity contribution is 6.33. The molecule has 1 aromatic carbocycles. The average Bonchev–Trinajstić information content (AvgIpc) is 2.48. The summed E-state index contributed by atoms with van der Waals surface area (Å²) >= 11 is 5.93. The van der Waals surface area contributed by atoms with Gasteiger partial charge in [0.05, 0.1) is 23.4 Å². The molecule has 0 fully saturated rings. The molecule has 0 bridgehead atoms.